The quantitative estimate of drug-likeness (QED) is 0.278. The van der Waals surface area contributed by atoms with E-state index in [0.29, 0.717) is 0 Å². The zero-order valence-corrected chi connectivity index (χ0v) is 27.6. The van der Waals surface area contributed by atoms with E-state index in [9.17, 15) is 0 Å². The third kappa shape index (κ3) is 4.78. The second-order valence-corrected chi connectivity index (χ2v) is 28.7. The fourth-order valence-electron chi connectivity index (χ4n) is 9.07. The zero-order valence-electron chi connectivity index (χ0n) is 26.2. The zero-order chi connectivity index (χ0) is 23.6. The van der Waals surface area contributed by atoms with Crippen molar-refractivity contribution in [3.8, 4) is 0 Å². The molecule has 184 valence electrons. The summed E-state index contributed by atoms with van der Waals surface area (Å²) in [7, 11) is -5.09. The Morgan fingerprint density at radius 2 is 0.517 bits per heavy atom. The first-order valence-corrected chi connectivity index (χ1v) is 15.2. The molecule has 0 radical (unpaired) electrons. The van der Waals surface area contributed by atoms with Crippen LogP contribution in [0.4, 0.5) is 4.79 Å². The van der Waals surface area contributed by atoms with Gasteiger partial charge in [0, 0.05) is 0 Å². The maximum Gasteiger partial charge on any atom is 3.00 e. The minimum absolute atomic E-state index is 0. The van der Waals surface area contributed by atoms with Gasteiger partial charge in [-0.2, -0.15) is 0 Å². The van der Waals surface area contributed by atoms with Gasteiger partial charge in [-0.15, -0.1) is 0 Å². The van der Waals surface area contributed by atoms with Gasteiger partial charge < -0.3 is 4.28 Å². The maximum absolute atomic E-state index is 15.5. The summed E-state index contributed by atoms with van der Waals surface area (Å²) in [6.07, 6.45) is 0. The van der Waals surface area contributed by atoms with Crippen LogP contribution in [0.3, 0.4) is 0 Å². The van der Waals surface area contributed by atoms with Gasteiger partial charge in [-0.1, -0.05) is 0 Å². The minimum atomic E-state index is -2.55. The first-order valence-electron chi connectivity index (χ1n) is 11.2. The van der Waals surface area contributed by atoms with E-state index < -0.39 is 14.5 Å². The van der Waals surface area contributed by atoms with Gasteiger partial charge in [-0.3, -0.25) is 0 Å². The molecular formula is C25H59IrOP2. The minimum Gasteiger partial charge on any atom is -1.00 e. The average Bonchev–Trinajstić information content (AvgIpc) is 2.14. The molecular weight excluding hydrogens is 570 g/mol. The fraction of sp³-hybridized carbons (Fsp3) is 0.960. The molecule has 0 N–H and O–H groups in total. The molecule has 0 aromatic carbocycles. The van der Waals surface area contributed by atoms with Crippen molar-refractivity contribution in [3.63, 3.8) is 0 Å². The van der Waals surface area contributed by atoms with E-state index in [1.807, 2.05) is 0 Å². The Balaban J connectivity index is -0.000000607. The molecule has 0 fully saturated rings. The monoisotopic (exact) mass is 630 g/mol. The number of carbonyl (C=O) groups is 1. The summed E-state index contributed by atoms with van der Waals surface area (Å²) in [5.74, 6) is 0. The number of hydrogen-bond donors (Lipinski definition) is 0. The predicted molar refractivity (Wildman–Crippen MR) is 144 cm³/mol. The molecule has 0 aromatic heterocycles. The van der Waals surface area contributed by atoms with Crippen LogP contribution in [0.1, 0.15) is 129 Å². The van der Waals surface area contributed by atoms with E-state index in [2.05, 4.69) is 125 Å². The van der Waals surface area contributed by atoms with Crippen LogP contribution in [0.15, 0.2) is 0 Å². The largest absolute Gasteiger partial charge is 3.00 e. The second-order valence-electron chi connectivity index (χ2n) is 15.3. The standard InChI is InChI=1S/C25H56OP2.Ir.3H/c1-20(2,3)27(21(4,5)6,22(7,8)9)19(26)28(23(10,11)12,24(13,14)15)25(16,17)18;;;;/h27-28H,1-18H3;;;;/q;+3;3*-1. The van der Waals surface area contributed by atoms with E-state index >= 15 is 4.79 Å². The Morgan fingerprint density at radius 3 is 0.586 bits per heavy atom. The molecule has 0 saturated heterocycles. The van der Waals surface area contributed by atoms with Gasteiger partial charge >= 0.3 is 200 Å². The van der Waals surface area contributed by atoms with E-state index in [1.54, 1.807) is 0 Å². The number of carbonyl (C=O) groups excluding carboxylic acids is 1. The van der Waals surface area contributed by atoms with Crippen LogP contribution in [0.2, 0.25) is 0 Å². The second kappa shape index (κ2) is 8.51. The van der Waals surface area contributed by atoms with Crippen LogP contribution in [-0.2, 0) is 20.1 Å². The van der Waals surface area contributed by atoms with Gasteiger partial charge in [0.25, 0.3) is 0 Å². The molecule has 1 nitrogen and oxygen atoms in total. The van der Waals surface area contributed by atoms with Crippen molar-refractivity contribution in [1.82, 2.24) is 0 Å². The summed E-state index contributed by atoms with van der Waals surface area (Å²) >= 11 is 0. The van der Waals surface area contributed by atoms with Crippen molar-refractivity contribution in [2.75, 3.05) is 0 Å². The molecule has 0 rings (SSSR count). The van der Waals surface area contributed by atoms with E-state index in [4.69, 9.17) is 0 Å². The molecule has 0 bridgehead atoms. The van der Waals surface area contributed by atoms with Crippen LogP contribution >= 0.6 is 14.5 Å². The van der Waals surface area contributed by atoms with E-state index in [-0.39, 0.29) is 55.3 Å². The summed E-state index contributed by atoms with van der Waals surface area (Å²) in [6.45, 7) is 42.5. The molecule has 0 aromatic rings. The van der Waals surface area contributed by atoms with Gasteiger partial charge in [0.15, 0.2) is 0 Å². The Labute approximate surface area is 204 Å². The van der Waals surface area contributed by atoms with Crippen molar-refractivity contribution < 1.29 is 29.2 Å². The molecule has 0 aliphatic carbocycles. The number of hydrogen-bond acceptors (Lipinski definition) is 1. The smallest absolute Gasteiger partial charge is 1.00 e. The maximum atomic E-state index is 15.5. The fourth-order valence-corrected chi connectivity index (χ4v) is 35.7. The topological polar surface area (TPSA) is 17.1 Å². The van der Waals surface area contributed by atoms with Gasteiger partial charge in [0.05, 0.1) is 0 Å². The summed E-state index contributed by atoms with van der Waals surface area (Å²) in [6, 6.07) is 0. The Morgan fingerprint density at radius 1 is 0.414 bits per heavy atom. The van der Waals surface area contributed by atoms with Crippen LogP contribution in [-0.4, -0.2) is 36.2 Å². The molecule has 29 heavy (non-hydrogen) atoms. The van der Waals surface area contributed by atoms with Crippen molar-refractivity contribution in [2.45, 2.75) is 156 Å². The van der Waals surface area contributed by atoms with Crippen molar-refractivity contribution >= 4 is 19.8 Å². The Hall–Kier alpha value is 1.18. The first kappa shape index (κ1) is 32.4. The van der Waals surface area contributed by atoms with Gasteiger partial charge in [0.2, 0.25) is 0 Å². The third-order valence-corrected chi connectivity index (χ3v) is 24.5. The van der Waals surface area contributed by atoms with Crippen LogP contribution in [0.25, 0.3) is 0 Å². The van der Waals surface area contributed by atoms with Crippen LogP contribution < -0.4 is 0 Å². The molecule has 0 aliphatic heterocycles. The molecule has 0 atom stereocenters. The molecule has 0 heterocycles. The molecule has 0 unspecified atom stereocenters. The Bertz CT molecular complexity index is 470. The summed E-state index contributed by atoms with van der Waals surface area (Å²) in [5.41, 5.74) is 0. The van der Waals surface area contributed by atoms with Gasteiger partial charge in [0.1, 0.15) is 0 Å². The normalized spacial score (nSPS) is 16.9. The molecule has 0 saturated carbocycles. The number of rotatable bonds is 2. The Kier molecular flexibility index (Phi) is 9.50. The molecule has 0 amide bonds. The van der Waals surface area contributed by atoms with E-state index in [0.717, 1.165) is 5.27 Å². The molecule has 0 spiro atoms. The molecule has 4 heteroatoms. The van der Waals surface area contributed by atoms with Gasteiger partial charge in [-0.05, 0) is 0 Å². The van der Waals surface area contributed by atoms with E-state index in [1.165, 1.54) is 0 Å². The third-order valence-electron chi connectivity index (χ3n) is 7.43. The van der Waals surface area contributed by atoms with Crippen LogP contribution in [0, 0.1) is 0 Å². The predicted octanol–water partition coefficient (Wildman–Crippen LogP) is 9.73. The molecule has 0 aliphatic rings. The summed E-state index contributed by atoms with van der Waals surface area (Å²) < 4.78 is 0. The summed E-state index contributed by atoms with van der Waals surface area (Å²) in [5, 5.41) is 0.642. The van der Waals surface area contributed by atoms with Crippen molar-refractivity contribution in [1.29, 1.82) is 0 Å². The van der Waals surface area contributed by atoms with Crippen molar-refractivity contribution in [2.24, 2.45) is 0 Å². The average molecular weight is 630 g/mol. The van der Waals surface area contributed by atoms with Crippen LogP contribution in [0.5, 0.6) is 0 Å². The first-order chi connectivity index (χ1) is 11.7. The summed E-state index contributed by atoms with van der Waals surface area (Å²) in [4.78, 5) is 15.5. The van der Waals surface area contributed by atoms with Gasteiger partial charge in [-0.25, -0.2) is 0 Å². The SMILES string of the molecule is CC(C)(C)[PH](C(=O)[PH](C(C)(C)C)(C(C)(C)C)C(C)(C)C)(C(C)(C)C)C(C)(C)C.[H-].[H-].[H-].[Ir+3]. The van der Waals surface area contributed by atoms with Crippen molar-refractivity contribution in [3.05, 3.63) is 0 Å².